The zero-order chi connectivity index (χ0) is 13.4. The molecule has 0 bridgehead atoms. The standard InChI is InChI=1S/C16H14ClNO/c1-11-5-7-12(8-6-11)9-18-10-13-3-2-4-14(17)15(13)16(18)19/h2-8,10,19H,9H2,1H3. The first-order valence-corrected chi connectivity index (χ1v) is 6.55. The fourth-order valence-electron chi connectivity index (χ4n) is 2.27. The fraction of sp³-hybridized carbons (Fsp3) is 0.125. The number of halogens is 1. The van der Waals surface area contributed by atoms with Crippen LogP contribution in [-0.4, -0.2) is 9.67 Å². The fourth-order valence-corrected chi connectivity index (χ4v) is 2.53. The van der Waals surface area contributed by atoms with E-state index >= 15 is 0 Å². The smallest absolute Gasteiger partial charge is 0.200 e. The summed E-state index contributed by atoms with van der Waals surface area (Å²) in [5, 5.41) is 12.5. The third-order valence-corrected chi connectivity index (χ3v) is 3.62. The Bertz CT molecular complexity index is 728. The van der Waals surface area contributed by atoms with Gasteiger partial charge in [-0.3, -0.25) is 0 Å². The van der Waals surface area contributed by atoms with E-state index in [0.29, 0.717) is 11.6 Å². The third kappa shape index (κ3) is 2.20. The molecule has 0 saturated carbocycles. The Labute approximate surface area is 116 Å². The number of hydrogen-bond acceptors (Lipinski definition) is 1. The molecule has 0 unspecified atom stereocenters. The lowest BCUT2D eigenvalue weighted by atomic mass is 10.1. The number of benzene rings is 2. The van der Waals surface area contributed by atoms with Gasteiger partial charge in [0.2, 0.25) is 5.88 Å². The summed E-state index contributed by atoms with van der Waals surface area (Å²) in [5.74, 6) is 0.223. The van der Waals surface area contributed by atoms with Crippen LogP contribution in [0.25, 0.3) is 10.8 Å². The van der Waals surface area contributed by atoms with Gasteiger partial charge in [-0.1, -0.05) is 53.6 Å². The summed E-state index contributed by atoms with van der Waals surface area (Å²) in [7, 11) is 0. The second-order valence-corrected chi connectivity index (χ2v) is 5.18. The van der Waals surface area contributed by atoms with E-state index in [1.807, 2.05) is 22.9 Å². The summed E-state index contributed by atoms with van der Waals surface area (Å²) in [4.78, 5) is 0. The summed E-state index contributed by atoms with van der Waals surface area (Å²) in [6.45, 7) is 2.70. The Hall–Kier alpha value is -1.93. The Morgan fingerprint density at radius 2 is 1.84 bits per heavy atom. The van der Waals surface area contributed by atoms with Gasteiger partial charge in [-0.05, 0) is 18.6 Å². The van der Waals surface area contributed by atoms with Gasteiger partial charge < -0.3 is 9.67 Å². The van der Waals surface area contributed by atoms with Crippen molar-refractivity contribution in [2.45, 2.75) is 13.5 Å². The maximum atomic E-state index is 10.3. The van der Waals surface area contributed by atoms with Gasteiger partial charge in [0.1, 0.15) is 0 Å². The minimum Gasteiger partial charge on any atom is -0.494 e. The molecule has 1 N–H and O–H groups in total. The maximum absolute atomic E-state index is 10.3. The first-order chi connectivity index (χ1) is 9.15. The van der Waals surface area contributed by atoms with Crippen LogP contribution in [0.5, 0.6) is 5.88 Å². The molecule has 0 saturated heterocycles. The Balaban J connectivity index is 2.04. The molecular weight excluding hydrogens is 258 g/mol. The number of aryl methyl sites for hydroxylation is 1. The first kappa shape index (κ1) is 12.1. The molecule has 0 fully saturated rings. The highest BCUT2D eigenvalue weighted by Gasteiger charge is 2.11. The predicted octanol–water partition coefficient (Wildman–Crippen LogP) is 4.36. The minimum absolute atomic E-state index is 0.223. The molecule has 3 aromatic rings. The maximum Gasteiger partial charge on any atom is 0.200 e. The molecular formula is C16H14ClNO. The molecule has 0 amide bonds. The molecule has 1 heterocycles. The zero-order valence-electron chi connectivity index (χ0n) is 10.6. The molecule has 0 aliphatic carbocycles. The molecule has 0 aliphatic rings. The van der Waals surface area contributed by atoms with Gasteiger partial charge in [0.25, 0.3) is 0 Å². The molecule has 0 atom stereocenters. The van der Waals surface area contributed by atoms with Crippen LogP contribution in [-0.2, 0) is 6.54 Å². The predicted molar refractivity (Wildman–Crippen MR) is 78.9 cm³/mol. The molecule has 0 aliphatic heterocycles. The molecule has 2 aromatic carbocycles. The van der Waals surface area contributed by atoms with Crippen LogP contribution >= 0.6 is 11.6 Å². The van der Waals surface area contributed by atoms with Crippen molar-refractivity contribution in [2.24, 2.45) is 0 Å². The van der Waals surface area contributed by atoms with E-state index in [-0.39, 0.29) is 5.88 Å². The molecule has 1 aromatic heterocycles. The quantitative estimate of drug-likeness (QED) is 0.736. The van der Waals surface area contributed by atoms with E-state index in [1.165, 1.54) is 5.56 Å². The van der Waals surface area contributed by atoms with E-state index in [1.54, 1.807) is 6.07 Å². The minimum atomic E-state index is 0.223. The Morgan fingerprint density at radius 3 is 2.53 bits per heavy atom. The molecule has 3 rings (SSSR count). The average molecular weight is 272 g/mol. The largest absolute Gasteiger partial charge is 0.494 e. The van der Waals surface area contributed by atoms with Crippen LogP contribution in [0.1, 0.15) is 11.1 Å². The van der Waals surface area contributed by atoms with Crippen LogP contribution in [0.3, 0.4) is 0 Å². The number of aromatic hydroxyl groups is 1. The lowest BCUT2D eigenvalue weighted by molar-refractivity contribution is 0.430. The molecule has 19 heavy (non-hydrogen) atoms. The zero-order valence-corrected chi connectivity index (χ0v) is 11.4. The second-order valence-electron chi connectivity index (χ2n) is 4.77. The van der Waals surface area contributed by atoms with Crippen molar-refractivity contribution in [3.63, 3.8) is 0 Å². The van der Waals surface area contributed by atoms with E-state index in [9.17, 15) is 5.11 Å². The van der Waals surface area contributed by atoms with Gasteiger partial charge in [0, 0.05) is 11.6 Å². The summed E-state index contributed by atoms with van der Waals surface area (Å²) in [6, 6.07) is 13.9. The van der Waals surface area contributed by atoms with Gasteiger partial charge in [-0.2, -0.15) is 0 Å². The lowest BCUT2D eigenvalue weighted by Crippen LogP contribution is -1.96. The Kier molecular flexibility index (Phi) is 2.96. The Morgan fingerprint density at radius 1 is 1.11 bits per heavy atom. The number of fused-ring (bicyclic) bond motifs is 1. The van der Waals surface area contributed by atoms with Gasteiger partial charge in [0.15, 0.2) is 0 Å². The van der Waals surface area contributed by atoms with Gasteiger partial charge in [0.05, 0.1) is 17.0 Å². The van der Waals surface area contributed by atoms with Crippen LogP contribution in [0, 0.1) is 6.92 Å². The highest BCUT2D eigenvalue weighted by molar-refractivity contribution is 6.36. The van der Waals surface area contributed by atoms with Crippen LogP contribution in [0.15, 0.2) is 48.7 Å². The van der Waals surface area contributed by atoms with Crippen molar-refractivity contribution in [2.75, 3.05) is 0 Å². The highest BCUT2D eigenvalue weighted by atomic mass is 35.5. The number of hydrogen-bond donors (Lipinski definition) is 1. The van der Waals surface area contributed by atoms with Crippen LogP contribution in [0.2, 0.25) is 5.02 Å². The number of aromatic nitrogens is 1. The number of nitrogens with zero attached hydrogens (tertiary/aromatic N) is 1. The summed E-state index contributed by atoms with van der Waals surface area (Å²) in [5.41, 5.74) is 2.38. The van der Waals surface area contributed by atoms with Crippen molar-refractivity contribution >= 4 is 22.4 Å². The average Bonchev–Trinajstić information content (AvgIpc) is 2.71. The molecule has 0 radical (unpaired) electrons. The molecule has 96 valence electrons. The topological polar surface area (TPSA) is 25.2 Å². The SMILES string of the molecule is Cc1ccc(Cn2cc3cccc(Cl)c3c2O)cc1. The van der Waals surface area contributed by atoms with E-state index in [2.05, 4.69) is 31.2 Å². The summed E-state index contributed by atoms with van der Waals surface area (Å²) in [6.07, 6.45) is 1.93. The summed E-state index contributed by atoms with van der Waals surface area (Å²) < 4.78 is 1.82. The molecule has 2 nitrogen and oxygen atoms in total. The van der Waals surface area contributed by atoms with Crippen molar-refractivity contribution in [1.29, 1.82) is 0 Å². The number of rotatable bonds is 2. The normalized spacial score (nSPS) is 11.1. The lowest BCUT2D eigenvalue weighted by Gasteiger charge is -2.05. The molecule has 3 heteroatoms. The second kappa shape index (κ2) is 4.63. The van der Waals surface area contributed by atoms with Crippen LogP contribution in [0.4, 0.5) is 0 Å². The third-order valence-electron chi connectivity index (χ3n) is 3.31. The van der Waals surface area contributed by atoms with Crippen molar-refractivity contribution < 1.29 is 5.11 Å². The van der Waals surface area contributed by atoms with E-state index in [4.69, 9.17) is 11.6 Å². The van der Waals surface area contributed by atoms with E-state index in [0.717, 1.165) is 16.3 Å². The molecule has 0 spiro atoms. The van der Waals surface area contributed by atoms with Crippen LogP contribution < -0.4 is 0 Å². The van der Waals surface area contributed by atoms with Crippen molar-refractivity contribution in [3.8, 4) is 5.88 Å². The monoisotopic (exact) mass is 271 g/mol. The van der Waals surface area contributed by atoms with Crippen molar-refractivity contribution in [1.82, 2.24) is 4.57 Å². The van der Waals surface area contributed by atoms with Gasteiger partial charge in [-0.15, -0.1) is 0 Å². The van der Waals surface area contributed by atoms with E-state index < -0.39 is 0 Å². The first-order valence-electron chi connectivity index (χ1n) is 6.17. The van der Waals surface area contributed by atoms with Gasteiger partial charge >= 0.3 is 0 Å². The van der Waals surface area contributed by atoms with Crippen molar-refractivity contribution in [3.05, 3.63) is 64.8 Å². The highest BCUT2D eigenvalue weighted by Crippen LogP contribution is 2.33. The van der Waals surface area contributed by atoms with Gasteiger partial charge in [-0.25, -0.2) is 0 Å². The summed E-state index contributed by atoms with van der Waals surface area (Å²) >= 11 is 6.13.